The van der Waals surface area contributed by atoms with Gasteiger partial charge in [-0.25, -0.2) is 15.0 Å². The van der Waals surface area contributed by atoms with Crippen LogP contribution in [0, 0.1) is 13.8 Å². The summed E-state index contributed by atoms with van der Waals surface area (Å²) < 4.78 is 0. The molecular formula is C19H22N5OS2+. The van der Waals surface area contributed by atoms with Crippen LogP contribution < -0.4 is 9.88 Å². The van der Waals surface area contributed by atoms with E-state index in [2.05, 4.69) is 39.8 Å². The van der Waals surface area contributed by atoms with Gasteiger partial charge in [-0.1, -0.05) is 17.8 Å². The number of fused-ring (bicyclic) bond motifs is 1. The second-order valence-corrected chi connectivity index (χ2v) is 8.71. The monoisotopic (exact) mass is 400 g/mol. The highest BCUT2D eigenvalue weighted by Gasteiger charge is 2.26. The Balaban J connectivity index is 1.37. The van der Waals surface area contributed by atoms with Gasteiger partial charge in [0.05, 0.1) is 25.0 Å². The Labute approximate surface area is 166 Å². The van der Waals surface area contributed by atoms with Gasteiger partial charge in [0.15, 0.2) is 0 Å². The smallest absolute Gasteiger partial charge is 0.274 e. The largest absolute Gasteiger partial charge is 0.334 e. The van der Waals surface area contributed by atoms with Crippen LogP contribution in [0.5, 0.6) is 0 Å². The van der Waals surface area contributed by atoms with Gasteiger partial charge in [0.1, 0.15) is 29.3 Å². The minimum atomic E-state index is 0.174. The van der Waals surface area contributed by atoms with Gasteiger partial charge >= 0.3 is 0 Å². The van der Waals surface area contributed by atoms with E-state index in [1.54, 1.807) is 17.7 Å². The van der Waals surface area contributed by atoms with Gasteiger partial charge in [-0.2, -0.15) is 0 Å². The van der Waals surface area contributed by atoms with E-state index in [-0.39, 0.29) is 5.91 Å². The van der Waals surface area contributed by atoms with Crippen LogP contribution in [0.25, 0.3) is 10.2 Å². The molecule has 1 fully saturated rings. The number of thiophene rings is 1. The summed E-state index contributed by atoms with van der Waals surface area (Å²) >= 11 is 3.21. The highest BCUT2D eigenvalue weighted by atomic mass is 32.2. The van der Waals surface area contributed by atoms with Crippen LogP contribution >= 0.6 is 23.1 Å². The number of aromatic nitrogens is 3. The molecule has 1 amide bonds. The molecule has 3 aromatic heterocycles. The van der Waals surface area contributed by atoms with Crippen molar-refractivity contribution in [3.05, 3.63) is 41.2 Å². The van der Waals surface area contributed by atoms with Crippen molar-refractivity contribution in [2.24, 2.45) is 0 Å². The number of carbonyl (C=O) groups is 1. The van der Waals surface area contributed by atoms with E-state index < -0.39 is 0 Å². The van der Waals surface area contributed by atoms with Gasteiger partial charge in [-0.15, -0.1) is 11.3 Å². The highest BCUT2D eigenvalue weighted by molar-refractivity contribution is 8.00. The van der Waals surface area contributed by atoms with Crippen LogP contribution in [0.15, 0.2) is 35.7 Å². The summed E-state index contributed by atoms with van der Waals surface area (Å²) in [6, 6.07) is 6.07. The number of H-pyrrole nitrogens is 1. The van der Waals surface area contributed by atoms with Crippen molar-refractivity contribution in [2.75, 3.05) is 36.8 Å². The second kappa shape index (κ2) is 7.82. The van der Waals surface area contributed by atoms with Crippen molar-refractivity contribution in [3.63, 3.8) is 0 Å². The molecule has 4 heterocycles. The number of hydrogen-bond acceptors (Lipinski definition) is 6. The number of nitrogens with zero attached hydrogens (tertiary/aromatic N) is 4. The van der Waals surface area contributed by atoms with Crippen LogP contribution in [0.2, 0.25) is 0 Å². The lowest BCUT2D eigenvalue weighted by molar-refractivity contribution is -0.364. The molecule has 0 saturated carbocycles. The minimum Gasteiger partial charge on any atom is -0.334 e. The summed E-state index contributed by atoms with van der Waals surface area (Å²) in [5.74, 6) is 1.69. The van der Waals surface area contributed by atoms with E-state index in [4.69, 9.17) is 0 Å². The molecule has 0 unspecified atom stereocenters. The van der Waals surface area contributed by atoms with Gasteiger partial charge in [-0.05, 0) is 25.5 Å². The Morgan fingerprint density at radius 3 is 2.78 bits per heavy atom. The van der Waals surface area contributed by atoms with E-state index in [0.717, 1.165) is 47.2 Å². The number of aryl methyl sites for hydroxylation is 2. The lowest BCUT2D eigenvalue weighted by Gasteiger charge is -2.30. The third kappa shape index (κ3) is 3.77. The fourth-order valence-corrected chi connectivity index (χ4v) is 5.28. The number of pyridine rings is 1. The number of nitrogens with one attached hydrogen (secondary N) is 1. The third-order valence-electron chi connectivity index (χ3n) is 4.93. The highest BCUT2D eigenvalue weighted by Crippen LogP contribution is 2.34. The summed E-state index contributed by atoms with van der Waals surface area (Å²) in [7, 11) is 0. The number of rotatable bonds is 4. The van der Waals surface area contributed by atoms with Crippen LogP contribution in [0.1, 0.15) is 10.4 Å². The number of aromatic amines is 1. The van der Waals surface area contributed by atoms with E-state index in [9.17, 15) is 4.79 Å². The number of piperazine rings is 1. The molecule has 0 spiro atoms. The molecule has 4 rings (SSSR count). The topological polar surface area (TPSA) is 63.5 Å². The van der Waals surface area contributed by atoms with Crippen LogP contribution in [0.4, 0.5) is 5.82 Å². The average molecular weight is 401 g/mol. The SMILES string of the molecule is Cc1sc2ncnc(SCC(=O)N3CCN(c4cccc[nH+]4)CC3)c2c1C. The van der Waals surface area contributed by atoms with Crippen LogP contribution in [0.3, 0.4) is 0 Å². The molecule has 0 atom stereocenters. The van der Waals surface area contributed by atoms with Crippen molar-refractivity contribution >= 4 is 45.0 Å². The molecule has 8 heteroatoms. The third-order valence-corrected chi connectivity index (χ3v) is 7.02. The first-order valence-corrected chi connectivity index (χ1v) is 10.8. The Kier molecular flexibility index (Phi) is 5.27. The minimum absolute atomic E-state index is 0.174. The number of hydrogen-bond donors (Lipinski definition) is 0. The molecule has 0 radical (unpaired) electrons. The molecule has 6 nitrogen and oxygen atoms in total. The average Bonchev–Trinajstić information content (AvgIpc) is 3.01. The summed E-state index contributed by atoms with van der Waals surface area (Å²) in [6.45, 7) is 7.39. The Bertz CT molecular complexity index is 951. The molecule has 0 aromatic carbocycles. The molecule has 1 aliphatic rings. The molecule has 0 aliphatic carbocycles. The zero-order valence-electron chi connectivity index (χ0n) is 15.4. The summed E-state index contributed by atoms with van der Waals surface area (Å²) in [4.78, 5) is 31.2. The zero-order chi connectivity index (χ0) is 18.8. The standard InChI is InChI=1S/C19H21N5OS2/c1-13-14(2)27-19-17(13)18(21-12-22-19)26-11-16(25)24-9-7-23(8-10-24)15-5-3-4-6-20-15/h3-6,12H,7-11H2,1-2H3/p+1. The van der Waals surface area contributed by atoms with Crippen molar-refractivity contribution in [3.8, 4) is 0 Å². The predicted molar refractivity (Wildman–Crippen MR) is 109 cm³/mol. The first-order valence-electron chi connectivity index (χ1n) is 8.96. The molecule has 0 bridgehead atoms. The number of anilines is 1. The molecule has 1 N–H and O–H groups in total. The fourth-order valence-electron chi connectivity index (χ4n) is 3.26. The number of amides is 1. The number of thioether (sulfide) groups is 1. The van der Waals surface area contributed by atoms with Crippen molar-refractivity contribution in [1.82, 2.24) is 14.9 Å². The van der Waals surface area contributed by atoms with Crippen molar-refractivity contribution < 1.29 is 9.78 Å². The number of carbonyl (C=O) groups excluding carboxylic acids is 1. The predicted octanol–water partition coefficient (Wildman–Crippen LogP) is 2.56. The maximum Gasteiger partial charge on any atom is 0.274 e. The quantitative estimate of drug-likeness (QED) is 0.497. The van der Waals surface area contributed by atoms with Crippen LogP contribution in [-0.4, -0.2) is 52.7 Å². The Hall–Kier alpha value is -2.19. The molecule has 27 heavy (non-hydrogen) atoms. The van der Waals surface area contributed by atoms with Crippen molar-refractivity contribution in [2.45, 2.75) is 18.9 Å². The van der Waals surface area contributed by atoms with Gasteiger partial charge in [0.25, 0.3) is 5.82 Å². The van der Waals surface area contributed by atoms with Gasteiger partial charge in [0, 0.05) is 16.3 Å². The maximum absolute atomic E-state index is 12.7. The molecular weight excluding hydrogens is 378 g/mol. The summed E-state index contributed by atoms with van der Waals surface area (Å²) in [5, 5.41) is 2.01. The van der Waals surface area contributed by atoms with Gasteiger partial charge in [0.2, 0.25) is 5.91 Å². The first kappa shape index (κ1) is 18.2. The molecule has 140 valence electrons. The summed E-state index contributed by atoms with van der Waals surface area (Å²) in [5.41, 5.74) is 1.22. The fraction of sp³-hybridized carbons (Fsp3) is 0.368. The zero-order valence-corrected chi connectivity index (χ0v) is 17.1. The molecule has 1 aliphatic heterocycles. The van der Waals surface area contributed by atoms with E-state index in [0.29, 0.717) is 5.75 Å². The maximum atomic E-state index is 12.7. The lowest BCUT2D eigenvalue weighted by Crippen LogP contribution is -2.50. The Morgan fingerprint density at radius 2 is 2.04 bits per heavy atom. The summed E-state index contributed by atoms with van der Waals surface area (Å²) in [6.07, 6.45) is 3.53. The molecule has 1 saturated heterocycles. The van der Waals surface area contributed by atoms with Gasteiger partial charge < -0.3 is 4.90 Å². The second-order valence-electron chi connectivity index (χ2n) is 6.55. The lowest BCUT2D eigenvalue weighted by atomic mass is 10.2. The van der Waals surface area contributed by atoms with Crippen LogP contribution in [-0.2, 0) is 4.79 Å². The van der Waals surface area contributed by atoms with E-state index >= 15 is 0 Å². The normalized spacial score (nSPS) is 14.7. The molecule has 3 aromatic rings. The first-order chi connectivity index (χ1) is 13.1. The van der Waals surface area contributed by atoms with Gasteiger partial charge in [-0.3, -0.25) is 9.69 Å². The van der Waals surface area contributed by atoms with E-state index in [1.807, 2.05) is 23.2 Å². The Morgan fingerprint density at radius 1 is 1.22 bits per heavy atom. The van der Waals surface area contributed by atoms with E-state index in [1.165, 1.54) is 22.2 Å². The van der Waals surface area contributed by atoms with Crippen molar-refractivity contribution in [1.29, 1.82) is 0 Å².